The number of ether oxygens (including phenoxy) is 10. The second-order valence-corrected chi connectivity index (χ2v) is 15.5. The predicted molar refractivity (Wildman–Crippen MR) is 180 cm³/mol. The number of hydrogen-bond acceptors (Lipinski definition) is 22. The Bertz CT molecular complexity index is 1280. The van der Waals surface area contributed by atoms with Crippen molar-refractivity contribution >= 4 is 13.7 Å². The van der Waals surface area contributed by atoms with Crippen LogP contribution < -0.4 is 67.3 Å². The zero-order valence-corrected chi connectivity index (χ0v) is 36.3. The molecule has 5 saturated heterocycles. The molecule has 0 aromatic rings. The minimum absolute atomic E-state index is 0. The predicted octanol–water partition coefficient (Wildman–Crippen LogP) is -7.94. The number of aliphatic hydroxyl groups excluding tert-OH is 6. The molecule has 0 spiro atoms. The van der Waals surface area contributed by atoms with Crippen molar-refractivity contribution in [3.63, 3.8) is 0 Å². The number of hydrogen-bond donors (Lipinski definition) is 8. The van der Waals surface area contributed by atoms with Gasteiger partial charge in [0, 0.05) is 26.3 Å². The largest absolute Gasteiger partial charge is 1.00 e. The zero-order valence-electron chi connectivity index (χ0n) is 32.3. The Hall–Kier alpha value is 0.536. The molecule has 0 aliphatic carbocycles. The van der Waals surface area contributed by atoms with Crippen LogP contribution in [0.4, 0.5) is 0 Å². The number of aliphatic hydroxyl groups is 6. The summed E-state index contributed by atoms with van der Waals surface area (Å²) in [5, 5.41) is 67.1. The molecule has 5 aliphatic rings. The van der Waals surface area contributed by atoms with E-state index in [1.807, 2.05) is 0 Å². The number of phosphoric acid groups is 1. The summed E-state index contributed by atoms with van der Waals surface area (Å²) in [6.07, 6.45) is -23.4. The molecule has 0 saturated carbocycles. The summed E-state index contributed by atoms with van der Waals surface area (Å²) in [7, 11) is -4.89. The van der Waals surface area contributed by atoms with Gasteiger partial charge >= 0.3 is 51.4 Å². The number of nitrogens with one attached hydrogen (secondary N) is 1. The Morgan fingerprint density at radius 2 is 1.35 bits per heavy atom. The summed E-state index contributed by atoms with van der Waals surface area (Å²) in [5.41, 5.74) is 5.42. The smallest absolute Gasteiger partial charge is 0.756 e. The van der Waals surface area contributed by atoms with E-state index in [1.54, 1.807) is 6.92 Å². The number of nitrogens with two attached hydrogens (primary N) is 1. The molecule has 0 radical (unpaired) electrons. The van der Waals surface area contributed by atoms with E-state index in [0.29, 0.717) is 13.2 Å². The maximum absolute atomic E-state index is 12.7. The minimum Gasteiger partial charge on any atom is -0.756 e. The van der Waals surface area contributed by atoms with Gasteiger partial charge in [-0.05, 0) is 13.8 Å². The van der Waals surface area contributed by atoms with Crippen LogP contribution in [0, 0.1) is 0 Å². The van der Waals surface area contributed by atoms with Gasteiger partial charge < -0.3 is 103 Å². The Morgan fingerprint density at radius 3 is 1.93 bits per heavy atom. The Kier molecular flexibility index (Phi) is 20.5. The molecule has 5 rings (SSSR count). The Balaban J connectivity index is 0.00000720. The van der Waals surface area contributed by atoms with Gasteiger partial charge in [-0.2, -0.15) is 0 Å². The molecule has 57 heavy (non-hydrogen) atoms. The summed E-state index contributed by atoms with van der Waals surface area (Å²) in [6, 6.07) is -1.30. The van der Waals surface area contributed by atoms with E-state index in [0.717, 1.165) is 0 Å². The van der Waals surface area contributed by atoms with Crippen LogP contribution >= 0.6 is 7.82 Å². The molecule has 19 atom stereocenters. The van der Waals surface area contributed by atoms with E-state index in [9.17, 15) is 44.9 Å². The van der Waals surface area contributed by atoms with Crippen LogP contribution in [0.2, 0.25) is 0 Å². The van der Waals surface area contributed by atoms with E-state index in [4.69, 9.17) is 62.1 Å². The van der Waals surface area contributed by atoms with Crippen LogP contribution in [0.25, 0.3) is 0 Å². The van der Waals surface area contributed by atoms with Gasteiger partial charge in [-0.15, -0.1) is 0 Å². The summed E-state index contributed by atoms with van der Waals surface area (Å²) < 4.78 is 81.5. The van der Waals surface area contributed by atoms with E-state index in [2.05, 4.69) is 5.32 Å². The molecular weight excluding hydrogens is 818 g/mol. The van der Waals surface area contributed by atoms with Gasteiger partial charge in [0.05, 0.1) is 70.7 Å². The molecule has 0 aromatic heterocycles. The third kappa shape index (κ3) is 13.5. The van der Waals surface area contributed by atoms with Crippen LogP contribution in [-0.2, 0) is 65.8 Å². The van der Waals surface area contributed by atoms with Crippen molar-refractivity contribution in [3.8, 4) is 0 Å². The second kappa shape index (κ2) is 23.3. The second-order valence-electron chi connectivity index (χ2n) is 14.1. The Labute approximate surface area is 371 Å². The topological polar surface area (TPSA) is 327 Å². The fraction of sp³-hybridized carbons (Fsp3) is 0.969. The Morgan fingerprint density at radius 1 is 0.789 bits per heavy atom. The first-order chi connectivity index (χ1) is 26.6. The maximum Gasteiger partial charge on any atom is 1.00 e. The van der Waals surface area contributed by atoms with Crippen molar-refractivity contribution in [3.05, 3.63) is 0 Å². The first-order valence-electron chi connectivity index (χ1n) is 18.6. The molecule has 0 bridgehead atoms. The van der Waals surface area contributed by atoms with E-state index < -0.39 is 137 Å². The van der Waals surface area contributed by atoms with Crippen LogP contribution in [0.1, 0.15) is 33.6 Å². The van der Waals surface area contributed by atoms with Crippen molar-refractivity contribution in [1.82, 2.24) is 5.32 Å². The van der Waals surface area contributed by atoms with Gasteiger partial charge in [-0.3, -0.25) is 9.36 Å². The third-order valence-electron chi connectivity index (χ3n) is 9.85. The number of phosphoric ester groups is 1. The summed E-state index contributed by atoms with van der Waals surface area (Å²) in [5.74, 6) is -0.593. The normalized spacial score (nSPS) is 45.1. The number of rotatable bonds is 17. The van der Waals surface area contributed by atoms with E-state index in [-0.39, 0.29) is 90.7 Å². The molecule has 9 N–H and O–H groups in total. The fourth-order valence-electron chi connectivity index (χ4n) is 6.89. The summed E-state index contributed by atoms with van der Waals surface area (Å²) in [6.45, 7) is 4.13. The summed E-state index contributed by atoms with van der Waals surface area (Å²) >= 11 is 0. The monoisotopic (exact) mass is 874 g/mol. The fourth-order valence-corrected chi connectivity index (χ4v) is 7.84. The average molecular weight is 875 g/mol. The minimum atomic E-state index is -4.89. The van der Waals surface area contributed by atoms with Gasteiger partial charge in [0.1, 0.15) is 61.0 Å². The van der Waals surface area contributed by atoms with Crippen molar-refractivity contribution in [2.24, 2.45) is 5.73 Å². The van der Waals surface area contributed by atoms with Crippen molar-refractivity contribution in [2.45, 2.75) is 144 Å². The van der Waals surface area contributed by atoms with Crippen molar-refractivity contribution in [1.29, 1.82) is 0 Å². The molecule has 5 fully saturated rings. The van der Waals surface area contributed by atoms with Crippen LogP contribution in [0.15, 0.2) is 0 Å². The third-order valence-corrected chi connectivity index (χ3v) is 10.8. The standard InChI is InChI=1S/C32H57N2O21P.K/c1-14-17(37)10-19(39)29(48-14)52-26-21(12-35)50-31(46-9-8-45-7-6-44-5-4-33)23(34-16(3)36)27(26)53-32-28(54-30-20(40)11-18(38)15(2)49-30)24(41)25-22(51-32)13-47-56(42,43)55-25;/h14-15,17-32,35,37-41H,4-13,33H2,1-3H3,(H,34,36)(H,42,43);/q;+1/p-1/t14-,15-,17-,18-,19-,20-,21+,22+,23+,24-,25-,26+,27+,28+,29-,30-,31+,32-;/m0./s1. The molecule has 25 heteroatoms. The van der Waals surface area contributed by atoms with Crippen LogP contribution in [-0.4, -0.2) is 200 Å². The molecule has 5 heterocycles. The first-order valence-corrected chi connectivity index (χ1v) is 20.1. The number of carbonyl (C=O) groups is 1. The SMILES string of the molecule is CC(=O)N[C@H]1[C@H](OCCOCCOCCN)O[C@H](CO)[C@@H](O[C@@H]2O[C@@H](C)[C@@H](O)C[C@@H]2O)[C@@H]1O[C@@H]1O[C@@H]2COP(=O)([O-])O[C@@H]2[C@H](O)[C@H]1O[C@@H]1O[C@@H](C)[C@@H](O)C[C@@H]1O.[K+]. The average Bonchev–Trinajstić information content (AvgIpc) is 3.13. The van der Waals surface area contributed by atoms with Crippen LogP contribution in [0.3, 0.4) is 0 Å². The van der Waals surface area contributed by atoms with Gasteiger partial charge in [0.25, 0.3) is 7.82 Å². The van der Waals surface area contributed by atoms with E-state index in [1.165, 1.54) is 13.8 Å². The maximum atomic E-state index is 12.7. The molecule has 1 unspecified atom stereocenters. The summed E-state index contributed by atoms with van der Waals surface area (Å²) in [4.78, 5) is 25.0. The molecular formula is C32H56KN2O21P. The number of carbonyl (C=O) groups excluding carboxylic acids is 1. The van der Waals surface area contributed by atoms with E-state index >= 15 is 0 Å². The molecule has 23 nitrogen and oxygen atoms in total. The molecule has 0 aromatic carbocycles. The van der Waals surface area contributed by atoms with Crippen molar-refractivity contribution in [2.75, 3.05) is 52.8 Å². The van der Waals surface area contributed by atoms with Gasteiger partial charge in [0.2, 0.25) is 5.91 Å². The van der Waals surface area contributed by atoms with Gasteiger partial charge in [-0.1, -0.05) is 0 Å². The van der Waals surface area contributed by atoms with Gasteiger partial charge in [0.15, 0.2) is 25.2 Å². The van der Waals surface area contributed by atoms with Crippen LogP contribution in [0.5, 0.6) is 0 Å². The number of fused-ring (bicyclic) bond motifs is 1. The molecule has 326 valence electrons. The molecule has 1 amide bonds. The van der Waals surface area contributed by atoms with Crippen molar-refractivity contribution < 1.29 is 153 Å². The number of amides is 1. The zero-order chi connectivity index (χ0) is 40.7. The molecule has 5 aliphatic heterocycles. The first kappa shape index (κ1) is 50.2. The quantitative estimate of drug-likeness (QED) is 0.0382. The van der Waals surface area contributed by atoms with Gasteiger partial charge in [-0.25, -0.2) is 0 Å².